The highest BCUT2D eigenvalue weighted by Gasteiger charge is 2.52. The lowest BCUT2D eigenvalue weighted by atomic mass is 9.62. The van der Waals surface area contributed by atoms with E-state index in [1.54, 1.807) is 6.08 Å². The van der Waals surface area contributed by atoms with Crippen molar-refractivity contribution in [1.29, 1.82) is 0 Å². The molecule has 0 amide bonds. The fourth-order valence-corrected chi connectivity index (χ4v) is 4.90. The van der Waals surface area contributed by atoms with E-state index in [-0.39, 0.29) is 46.2 Å². The molecule has 10 nitrogen and oxygen atoms in total. The largest absolute Gasteiger partial charge is 0.514 e. The average molecular weight is 477 g/mol. The number of phenolic OH excluding ortho intramolecular Hbond substituents is 1. The summed E-state index contributed by atoms with van der Waals surface area (Å²) >= 11 is 0. The number of aromatic hydroxyl groups is 1. The number of nitro groups is 1. The molecule has 0 fully saturated rings. The smallest absolute Gasteiger partial charge is 0.507 e. The quantitative estimate of drug-likeness (QED) is 0.222. The summed E-state index contributed by atoms with van der Waals surface area (Å²) in [5.74, 6) is -1.97. The van der Waals surface area contributed by atoms with Crippen LogP contribution in [0.3, 0.4) is 0 Å². The number of methoxy groups -OCH3 is 1. The van der Waals surface area contributed by atoms with E-state index in [1.807, 2.05) is 6.08 Å². The highest BCUT2D eigenvalue weighted by Crippen LogP contribution is 2.52. The van der Waals surface area contributed by atoms with E-state index in [9.17, 15) is 29.6 Å². The maximum atomic E-state index is 13.6. The maximum Gasteiger partial charge on any atom is 0.514 e. The molecule has 4 aliphatic carbocycles. The van der Waals surface area contributed by atoms with Crippen LogP contribution in [-0.4, -0.2) is 40.5 Å². The lowest BCUT2D eigenvalue weighted by Crippen LogP contribution is -2.47. The fraction of sp³-hybridized carbons (Fsp3) is 0.240. The van der Waals surface area contributed by atoms with Crippen LogP contribution in [0.15, 0.2) is 59.7 Å². The van der Waals surface area contributed by atoms with Crippen LogP contribution in [0.25, 0.3) is 0 Å². The summed E-state index contributed by atoms with van der Waals surface area (Å²) in [6, 6.07) is 7.80. The number of hydrogen-bond acceptors (Lipinski definition) is 9. The number of non-ortho nitro benzene ring substituents is 1. The first-order chi connectivity index (χ1) is 16.8. The Morgan fingerprint density at radius 1 is 1.14 bits per heavy atom. The minimum atomic E-state index is -1.14. The number of Topliss-reactive ketones (excluding diaryl/α,β-unsaturated/α-hetero) is 2. The van der Waals surface area contributed by atoms with Gasteiger partial charge in [0.25, 0.3) is 5.69 Å². The monoisotopic (exact) mass is 477 g/mol. The van der Waals surface area contributed by atoms with E-state index in [0.29, 0.717) is 18.4 Å². The molecule has 2 atom stereocenters. The van der Waals surface area contributed by atoms with Crippen LogP contribution in [-0.2, 0) is 16.1 Å². The number of benzene rings is 2. The Bertz CT molecular complexity index is 1360. The Labute approximate surface area is 198 Å². The summed E-state index contributed by atoms with van der Waals surface area (Å²) in [5.41, 5.74) is -0.611. The highest BCUT2D eigenvalue weighted by atomic mass is 16.7. The van der Waals surface area contributed by atoms with Crippen molar-refractivity contribution in [3.05, 3.63) is 86.5 Å². The van der Waals surface area contributed by atoms with Crippen molar-refractivity contribution in [2.24, 2.45) is 5.92 Å². The van der Waals surface area contributed by atoms with Crippen LogP contribution < -0.4 is 4.74 Å². The van der Waals surface area contributed by atoms with E-state index in [0.717, 1.165) is 0 Å². The van der Waals surface area contributed by atoms with Crippen molar-refractivity contribution in [3.8, 4) is 11.5 Å². The van der Waals surface area contributed by atoms with Crippen LogP contribution in [0.5, 0.6) is 11.5 Å². The van der Waals surface area contributed by atoms with Gasteiger partial charge in [0.1, 0.15) is 23.7 Å². The summed E-state index contributed by atoms with van der Waals surface area (Å²) in [4.78, 5) is 49.6. The van der Waals surface area contributed by atoms with E-state index in [1.165, 1.54) is 43.5 Å². The molecule has 0 aromatic heterocycles. The SMILES string of the molecule is CO[C@@]12C=C[C@@H](CC1)C1=C2C(=O)c2c(O)ccc(OC(=O)OCc3ccc([N+](=O)[O-])cc3)c2C1=O. The van der Waals surface area contributed by atoms with Crippen molar-refractivity contribution in [1.82, 2.24) is 0 Å². The number of ether oxygens (including phenoxy) is 3. The van der Waals surface area contributed by atoms with Crippen molar-refractivity contribution in [2.75, 3.05) is 7.11 Å². The molecule has 2 aromatic rings. The van der Waals surface area contributed by atoms with Gasteiger partial charge in [0.2, 0.25) is 0 Å². The minimum Gasteiger partial charge on any atom is -0.507 e. The third kappa shape index (κ3) is 3.50. The van der Waals surface area contributed by atoms with Gasteiger partial charge in [-0.25, -0.2) is 4.79 Å². The number of nitro benzene ring substituents is 1. The lowest BCUT2D eigenvalue weighted by molar-refractivity contribution is -0.384. The molecule has 10 heteroatoms. The van der Waals surface area contributed by atoms with Gasteiger partial charge >= 0.3 is 6.16 Å². The highest BCUT2D eigenvalue weighted by molar-refractivity contribution is 6.30. The number of carbonyl (C=O) groups is 3. The lowest BCUT2D eigenvalue weighted by Gasteiger charge is -2.45. The van der Waals surface area contributed by atoms with Crippen LogP contribution in [0.4, 0.5) is 10.5 Å². The molecule has 178 valence electrons. The second-order valence-corrected chi connectivity index (χ2v) is 8.44. The number of rotatable bonds is 5. The van der Waals surface area contributed by atoms with Gasteiger partial charge in [-0.3, -0.25) is 19.7 Å². The van der Waals surface area contributed by atoms with Gasteiger partial charge in [0.05, 0.1) is 16.1 Å². The first kappa shape index (κ1) is 22.5. The van der Waals surface area contributed by atoms with E-state index < -0.39 is 34.0 Å². The van der Waals surface area contributed by atoms with Gasteiger partial charge < -0.3 is 19.3 Å². The van der Waals surface area contributed by atoms with Gasteiger partial charge in [-0.2, -0.15) is 0 Å². The molecule has 0 saturated carbocycles. The molecule has 0 aliphatic heterocycles. The van der Waals surface area contributed by atoms with Gasteiger partial charge in [-0.15, -0.1) is 0 Å². The molecule has 2 aromatic carbocycles. The summed E-state index contributed by atoms with van der Waals surface area (Å²) in [6.07, 6.45) is 3.62. The zero-order chi connectivity index (χ0) is 24.9. The molecule has 0 unspecified atom stereocenters. The molecule has 6 rings (SSSR count). The maximum absolute atomic E-state index is 13.6. The Hall–Kier alpha value is -4.31. The number of carbonyl (C=O) groups excluding carboxylic acids is 3. The van der Waals surface area contributed by atoms with Crippen molar-refractivity contribution in [2.45, 2.75) is 25.0 Å². The van der Waals surface area contributed by atoms with Crippen molar-refractivity contribution >= 4 is 23.4 Å². The summed E-state index contributed by atoms with van der Waals surface area (Å²) in [6.45, 7) is -0.234. The average Bonchev–Trinajstić information content (AvgIpc) is 2.87. The summed E-state index contributed by atoms with van der Waals surface area (Å²) in [7, 11) is 1.47. The molecule has 4 aliphatic rings. The van der Waals surface area contributed by atoms with Crippen molar-refractivity contribution in [3.63, 3.8) is 0 Å². The zero-order valence-corrected chi connectivity index (χ0v) is 18.5. The zero-order valence-electron chi connectivity index (χ0n) is 18.5. The number of nitrogens with zero attached hydrogens (tertiary/aromatic N) is 1. The number of fused-ring (bicyclic) bond motifs is 2. The fourth-order valence-electron chi connectivity index (χ4n) is 4.90. The van der Waals surface area contributed by atoms with Gasteiger partial charge in [0.15, 0.2) is 11.6 Å². The third-order valence-corrected chi connectivity index (χ3v) is 6.62. The number of hydrogen-bond donors (Lipinski definition) is 1. The first-order valence-corrected chi connectivity index (χ1v) is 10.8. The molecular weight excluding hydrogens is 458 g/mol. The third-order valence-electron chi connectivity index (χ3n) is 6.62. The molecule has 0 radical (unpaired) electrons. The van der Waals surface area contributed by atoms with Crippen LogP contribution in [0, 0.1) is 16.0 Å². The Morgan fingerprint density at radius 3 is 2.51 bits per heavy atom. The topological polar surface area (TPSA) is 142 Å². The van der Waals surface area contributed by atoms with Crippen LogP contribution >= 0.6 is 0 Å². The first-order valence-electron chi connectivity index (χ1n) is 10.8. The molecule has 1 N–H and O–H groups in total. The number of phenols is 1. The van der Waals surface area contributed by atoms with Gasteiger partial charge in [-0.05, 0) is 42.7 Å². The molecular formula is C25H19NO9. The molecule has 0 heterocycles. The molecule has 0 spiro atoms. The van der Waals surface area contributed by atoms with E-state index in [2.05, 4.69) is 0 Å². The predicted octanol–water partition coefficient (Wildman–Crippen LogP) is 4.06. The Kier molecular flexibility index (Phi) is 5.25. The van der Waals surface area contributed by atoms with Gasteiger partial charge in [-0.1, -0.05) is 12.2 Å². The minimum absolute atomic E-state index is 0.106. The molecule has 35 heavy (non-hydrogen) atoms. The second-order valence-electron chi connectivity index (χ2n) is 8.44. The molecule has 0 saturated heterocycles. The van der Waals surface area contributed by atoms with Crippen molar-refractivity contribution < 1.29 is 38.6 Å². The van der Waals surface area contributed by atoms with E-state index >= 15 is 0 Å². The summed E-state index contributed by atoms with van der Waals surface area (Å²) in [5, 5.41) is 21.2. The standard InChI is InChI=1S/C25H19NO9/c1-33-25-10-8-14(9-11-25)18-21(25)23(29)19-16(27)6-7-17(20(19)22(18)28)35-24(30)34-12-13-2-4-15(5-3-13)26(31)32/h2-8,10,14,27H,9,11-12H2,1H3/t14-,25-/m0/s1. The van der Waals surface area contributed by atoms with E-state index in [4.69, 9.17) is 14.2 Å². The Morgan fingerprint density at radius 2 is 1.89 bits per heavy atom. The van der Waals surface area contributed by atoms with Crippen LogP contribution in [0.1, 0.15) is 39.1 Å². The molecule has 2 bridgehead atoms. The Balaban J connectivity index is 1.42. The van der Waals surface area contributed by atoms with Crippen LogP contribution in [0.2, 0.25) is 0 Å². The normalized spacial score (nSPS) is 22.0. The predicted molar refractivity (Wildman–Crippen MR) is 119 cm³/mol. The van der Waals surface area contributed by atoms with Gasteiger partial charge in [0, 0.05) is 36.3 Å². The number of allylic oxidation sites excluding steroid dienone is 2. The second kappa shape index (κ2) is 8.17. The summed E-state index contributed by atoms with van der Waals surface area (Å²) < 4.78 is 16.0. The number of ketones is 2.